The van der Waals surface area contributed by atoms with Gasteiger partial charge in [-0.15, -0.1) is 0 Å². The monoisotopic (exact) mass is 311 g/mol. The molecule has 0 aliphatic heterocycles. The normalized spacial score (nSPS) is 20.3. The lowest BCUT2D eigenvalue weighted by molar-refractivity contribution is -0.139. The standard InChI is InChI=1S/C18H17NO4/c20-16(21)10-23-15-6-5-14(11-3-1-2-4-12(11)15)19-17(22)13-9-18(13)7-8-18/h1-6,13H,7-10H2,(H,19,22)(H,20,21). The number of nitrogens with one attached hydrogen (secondary N) is 1. The van der Waals surface area contributed by atoms with E-state index in [1.807, 2.05) is 24.3 Å². The first kappa shape index (κ1) is 14.1. The fraction of sp³-hybridized carbons (Fsp3) is 0.333. The molecule has 2 aromatic carbocycles. The fourth-order valence-corrected chi connectivity index (χ4v) is 3.30. The van der Waals surface area contributed by atoms with Crippen LogP contribution in [0.1, 0.15) is 19.3 Å². The number of hydrogen-bond donors (Lipinski definition) is 2. The van der Waals surface area contributed by atoms with Gasteiger partial charge in [0.15, 0.2) is 6.61 Å². The Hall–Kier alpha value is -2.56. The van der Waals surface area contributed by atoms with Crippen molar-refractivity contribution < 1.29 is 19.4 Å². The van der Waals surface area contributed by atoms with E-state index >= 15 is 0 Å². The zero-order valence-electron chi connectivity index (χ0n) is 12.5. The lowest BCUT2D eigenvalue weighted by Gasteiger charge is -2.12. The first-order chi connectivity index (χ1) is 11.1. The Kier molecular flexibility index (Phi) is 3.04. The van der Waals surface area contributed by atoms with Gasteiger partial charge in [0.1, 0.15) is 5.75 Å². The lowest BCUT2D eigenvalue weighted by Crippen LogP contribution is -2.15. The van der Waals surface area contributed by atoms with Crippen LogP contribution in [0.4, 0.5) is 5.69 Å². The predicted molar refractivity (Wildman–Crippen MR) is 85.5 cm³/mol. The molecule has 0 radical (unpaired) electrons. The van der Waals surface area contributed by atoms with Crippen LogP contribution < -0.4 is 10.1 Å². The van der Waals surface area contributed by atoms with Crippen molar-refractivity contribution in [2.24, 2.45) is 11.3 Å². The van der Waals surface area contributed by atoms with Crippen LogP contribution in [0.5, 0.6) is 5.75 Å². The van der Waals surface area contributed by atoms with E-state index in [0.29, 0.717) is 11.2 Å². The third-order valence-electron chi connectivity index (χ3n) is 4.89. The first-order valence-corrected chi connectivity index (χ1v) is 7.76. The van der Waals surface area contributed by atoms with Crippen molar-refractivity contribution in [2.45, 2.75) is 19.3 Å². The highest BCUT2D eigenvalue weighted by Crippen LogP contribution is 2.70. The molecule has 0 saturated heterocycles. The molecule has 2 aromatic rings. The van der Waals surface area contributed by atoms with Crippen molar-refractivity contribution in [1.29, 1.82) is 0 Å². The molecule has 1 atom stereocenters. The molecule has 5 heteroatoms. The van der Waals surface area contributed by atoms with Crippen molar-refractivity contribution in [1.82, 2.24) is 0 Å². The van der Waals surface area contributed by atoms with Gasteiger partial charge < -0.3 is 15.2 Å². The summed E-state index contributed by atoms with van der Waals surface area (Å²) in [6.07, 6.45) is 3.36. The van der Waals surface area contributed by atoms with E-state index in [2.05, 4.69) is 5.32 Å². The summed E-state index contributed by atoms with van der Waals surface area (Å²) >= 11 is 0. The lowest BCUT2D eigenvalue weighted by atomic mass is 10.1. The van der Waals surface area contributed by atoms with Gasteiger partial charge in [-0.25, -0.2) is 4.79 Å². The van der Waals surface area contributed by atoms with Crippen LogP contribution in [-0.4, -0.2) is 23.6 Å². The van der Waals surface area contributed by atoms with Crippen molar-refractivity contribution in [2.75, 3.05) is 11.9 Å². The summed E-state index contributed by atoms with van der Waals surface area (Å²) in [5.74, 6) is -0.267. The number of carbonyl (C=O) groups is 2. The van der Waals surface area contributed by atoms with Crippen LogP contribution in [0.2, 0.25) is 0 Å². The molecule has 0 heterocycles. The fourth-order valence-electron chi connectivity index (χ4n) is 3.30. The second-order valence-electron chi connectivity index (χ2n) is 6.45. The molecule has 4 rings (SSSR count). The number of carbonyl (C=O) groups excluding carboxylic acids is 1. The minimum absolute atomic E-state index is 0.0897. The maximum absolute atomic E-state index is 12.4. The van der Waals surface area contributed by atoms with Gasteiger partial charge in [-0.3, -0.25) is 4.79 Å². The minimum atomic E-state index is -1.02. The Balaban J connectivity index is 1.61. The highest BCUT2D eigenvalue weighted by molar-refractivity contribution is 6.05. The number of amides is 1. The van der Waals surface area contributed by atoms with Gasteiger partial charge in [0.2, 0.25) is 5.91 Å². The van der Waals surface area contributed by atoms with Crippen LogP contribution in [0.15, 0.2) is 36.4 Å². The van der Waals surface area contributed by atoms with Crippen LogP contribution in [0.25, 0.3) is 10.8 Å². The number of anilines is 1. The largest absolute Gasteiger partial charge is 0.481 e. The zero-order chi connectivity index (χ0) is 16.0. The Morgan fingerprint density at radius 1 is 1.17 bits per heavy atom. The van der Waals surface area contributed by atoms with Gasteiger partial charge in [0.25, 0.3) is 0 Å². The number of rotatable bonds is 5. The Morgan fingerprint density at radius 2 is 1.91 bits per heavy atom. The summed E-state index contributed by atoms with van der Waals surface area (Å²) in [7, 11) is 0. The topological polar surface area (TPSA) is 75.6 Å². The second-order valence-corrected chi connectivity index (χ2v) is 6.45. The van der Waals surface area contributed by atoms with Gasteiger partial charge >= 0.3 is 5.97 Å². The minimum Gasteiger partial charge on any atom is -0.481 e. The van der Waals surface area contributed by atoms with Crippen molar-refractivity contribution in [3.63, 3.8) is 0 Å². The molecule has 1 spiro atoms. The van der Waals surface area contributed by atoms with E-state index in [4.69, 9.17) is 9.84 Å². The number of ether oxygens (including phenoxy) is 1. The summed E-state index contributed by atoms with van der Waals surface area (Å²) in [6.45, 7) is -0.389. The summed E-state index contributed by atoms with van der Waals surface area (Å²) in [6, 6.07) is 11.0. The molecule has 0 aromatic heterocycles. The van der Waals surface area contributed by atoms with Gasteiger partial charge in [-0.05, 0) is 36.8 Å². The first-order valence-electron chi connectivity index (χ1n) is 7.76. The number of benzene rings is 2. The number of hydrogen-bond acceptors (Lipinski definition) is 3. The smallest absolute Gasteiger partial charge is 0.341 e. The summed E-state index contributed by atoms with van der Waals surface area (Å²) in [5, 5.41) is 13.4. The third kappa shape index (κ3) is 2.52. The molecule has 2 saturated carbocycles. The molecule has 5 nitrogen and oxygen atoms in total. The van der Waals surface area contributed by atoms with Crippen LogP contribution in [0.3, 0.4) is 0 Å². The maximum atomic E-state index is 12.4. The predicted octanol–water partition coefficient (Wildman–Crippen LogP) is 3.04. The number of aliphatic carboxylic acids is 1. The van der Waals surface area contributed by atoms with Gasteiger partial charge in [-0.1, -0.05) is 24.3 Å². The summed E-state index contributed by atoms with van der Waals surface area (Å²) < 4.78 is 5.33. The molecular formula is C18H17NO4. The quantitative estimate of drug-likeness (QED) is 0.890. The average Bonchev–Trinajstić information content (AvgIpc) is 3.46. The highest BCUT2D eigenvalue weighted by Gasteiger charge is 2.65. The Labute approximate surface area is 133 Å². The molecule has 2 aliphatic carbocycles. The summed E-state index contributed by atoms with van der Waals surface area (Å²) in [5.41, 5.74) is 1.07. The maximum Gasteiger partial charge on any atom is 0.341 e. The second kappa shape index (κ2) is 4.98. The van der Waals surface area contributed by atoms with E-state index in [-0.39, 0.29) is 18.4 Å². The van der Waals surface area contributed by atoms with Crippen LogP contribution in [0, 0.1) is 11.3 Å². The molecule has 118 valence electrons. The number of fused-ring (bicyclic) bond motifs is 1. The molecule has 23 heavy (non-hydrogen) atoms. The van der Waals surface area contributed by atoms with Gasteiger partial charge in [0, 0.05) is 22.4 Å². The summed E-state index contributed by atoms with van der Waals surface area (Å²) in [4.78, 5) is 23.0. The number of carboxylic acids is 1. The Morgan fingerprint density at radius 3 is 2.57 bits per heavy atom. The van der Waals surface area contributed by atoms with Crippen LogP contribution >= 0.6 is 0 Å². The van der Waals surface area contributed by atoms with Crippen molar-refractivity contribution >= 4 is 28.3 Å². The zero-order valence-corrected chi connectivity index (χ0v) is 12.5. The molecule has 1 amide bonds. The van der Waals surface area contributed by atoms with Crippen molar-refractivity contribution in [3.8, 4) is 5.75 Å². The highest BCUT2D eigenvalue weighted by atomic mass is 16.5. The van der Waals surface area contributed by atoms with E-state index in [0.717, 1.165) is 22.9 Å². The molecule has 2 aliphatic rings. The van der Waals surface area contributed by atoms with E-state index in [1.54, 1.807) is 12.1 Å². The molecule has 2 N–H and O–H groups in total. The molecular weight excluding hydrogens is 294 g/mol. The molecule has 2 fully saturated rings. The van der Waals surface area contributed by atoms with E-state index in [9.17, 15) is 9.59 Å². The third-order valence-corrected chi connectivity index (χ3v) is 4.89. The average molecular weight is 311 g/mol. The van der Waals surface area contributed by atoms with Crippen LogP contribution in [-0.2, 0) is 9.59 Å². The molecule has 1 unspecified atom stereocenters. The van der Waals surface area contributed by atoms with E-state index < -0.39 is 5.97 Å². The van der Waals surface area contributed by atoms with E-state index in [1.165, 1.54) is 12.8 Å². The number of carboxylic acid groups (broad SMARTS) is 1. The van der Waals surface area contributed by atoms with Gasteiger partial charge in [-0.2, -0.15) is 0 Å². The van der Waals surface area contributed by atoms with Gasteiger partial charge in [0.05, 0.1) is 0 Å². The van der Waals surface area contributed by atoms with Crippen molar-refractivity contribution in [3.05, 3.63) is 36.4 Å². The molecule has 0 bridgehead atoms. The SMILES string of the molecule is O=C(O)COc1ccc(NC(=O)C2CC23CC3)c2ccccc12. The Bertz CT molecular complexity index is 810.